The number of nitrogens with zero attached hydrogens (tertiary/aromatic N) is 2. The Hall–Kier alpha value is -3.38. The van der Waals surface area contributed by atoms with Gasteiger partial charge in [-0.3, -0.25) is 14.3 Å². The van der Waals surface area contributed by atoms with Crippen molar-refractivity contribution in [3.05, 3.63) is 65.2 Å². The van der Waals surface area contributed by atoms with Crippen LogP contribution in [0.3, 0.4) is 0 Å². The minimum Gasteiger partial charge on any atom is -0.339 e. The Kier molecular flexibility index (Phi) is 7.33. The molecule has 0 fully saturated rings. The number of amides is 2. The molecule has 152 valence electrons. The summed E-state index contributed by atoms with van der Waals surface area (Å²) < 4.78 is 28.4. The van der Waals surface area contributed by atoms with E-state index in [0.29, 0.717) is 24.2 Å². The summed E-state index contributed by atoms with van der Waals surface area (Å²) in [4.78, 5) is 26.4. The third kappa shape index (κ3) is 6.05. The van der Waals surface area contributed by atoms with Crippen LogP contribution in [-0.2, 0) is 10.2 Å². The van der Waals surface area contributed by atoms with Crippen LogP contribution in [0.2, 0.25) is 0 Å². The highest BCUT2D eigenvalue weighted by Crippen LogP contribution is 2.12. The quantitative estimate of drug-likeness (QED) is 0.688. The summed E-state index contributed by atoms with van der Waals surface area (Å²) in [6.45, 7) is 5.09. The maximum Gasteiger partial charge on any atom is 0.323 e. The lowest BCUT2D eigenvalue weighted by Crippen LogP contribution is -2.35. The van der Waals surface area contributed by atoms with E-state index < -0.39 is 16.1 Å². The van der Waals surface area contributed by atoms with Crippen LogP contribution < -0.4 is 9.44 Å². The summed E-state index contributed by atoms with van der Waals surface area (Å²) in [7, 11) is -4.16. The highest BCUT2D eigenvalue weighted by Gasteiger charge is 2.18. The van der Waals surface area contributed by atoms with Crippen molar-refractivity contribution in [1.29, 1.82) is 5.26 Å². The first-order valence-electron chi connectivity index (χ1n) is 9.04. The number of rotatable bonds is 8. The molecule has 0 saturated carbocycles. The lowest BCUT2D eigenvalue weighted by atomic mass is 10.1. The summed E-state index contributed by atoms with van der Waals surface area (Å²) >= 11 is 0. The van der Waals surface area contributed by atoms with E-state index in [1.54, 1.807) is 4.90 Å². The number of nitriles is 1. The molecule has 0 heterocycles. The number of hydrogen-bond donors (Lipinski definition) is 2. The van der Waals surface area contributed by atoms with Crippen LogP contribution >= 0.6 is 0 Å². The van der Waals surface area contributed by atoms with Crippen molar-refractivity contribution in [2.45, 2.75) is 20.3 Å². The Morgan fingerprint density at radius 3 is 2.10 bits per heavy atom. The van der Waals surface area contributed by atoms with E-state index in [1.165, 1.54) is 48.5 Å². The van der Waals surface area contributed by atoms with Gasteiger partial charge in [-0.2, -0.15) is 13.7 Å². The van der Waals surface area contributed by atoms with Gasteiger partial charge in [0, 0.05) is 24.2 Å². The molecular formula is C20H22N4O4S. The predicted molar refractivity (Wildman–Crippen MR) is 109 cm³/mol. The first-order valence-corrected chi connectivity index (χ1v) is 10.5. The van der Waals surface area contributed by atoms with Gasteiger partial charge < -0.3 is 4.90 Å². The molecule has 0 aromatic heterocycles. The molecule has 0 radical (unpaired) electrons. The summed E-state index contributed by atoms with van der Waals surface area (Å²) in [5.74, 6) is -0.970. The van der Waals surface area contributed by atoms with Crippen LogP contribution in [0, 0.1) is 11.3 Å². The van der Waals surface area contributed by atoms with E-state index in [2.05, 4.69) is 4.72 Å². The molecular weight excluding hydrogens is 392 g/mol. The molecule has 2 aromatic carbocycles. The highest BCUT2D eigenvalue weighted by molar-refractivity contribution is 7.91. The van der Waals surface area contributed by atoms with Crippen molar-refractivity contribution in [3.8, 4) is 6.07 Å². The maximum atomic E-state index is 12.4. The summed E-state index contributed by atoms with van der Waals surface area (Å²) in [6.07, 6.45) is 0.837. The molecule has 0 aliphatic rings. The van der Waals surface area contributed by atoms with Gasteiger partial charge in [0.1, 0.15) is 0 Å². The van der Waals surface area contributed by atoms with E-state index >= 15 is 0 Å². The van der Waals surface area contributed by atoms with Crippen molar-refractivity contribution in [2.75, 3.05) is 17.8 Å². The number of nitrogens with one attached hydrogen (secondary N) is 2. The molecule has 2 rings (SSSR count). The van der Waals surface area contributed by atoms with E-state index in [9.17, 15) is 18.0 Å². The van der Waals surface area contributed by atoms with Crippen LogP contribution in [0.1, 0.15) is 46.5 Å². The summed E-state index contributed by atoms with van der Waals surface area (Å²) in [5.41, 5.74) is 1.12. The number of hydrogen-bond acceptors (Lipinski definition) is 5. The molecule has 0 aliphatic carbocycles. The summed E-state index contributed by atoms with van der Waals surface area (Å²) in [5, 5.41) is 8.76. The molecule has 0 unspecified atom stereocenters. The lowest BCUT2D eigenvalue weighted by molar-refractivity contribution is 0.0764. The van der Waals surface area contributed by atoms with Crippen molar-refractivity contribution < 1.29 is 18.0 Å². The molecule has 0 aliphatic heterocycles. The van der Waals surface area contributed by atoms with Gasteiger partial charge in [-0.1, -0.05) is 6.92 Å². The average Bonchev–Trinajstić information content (AvgIpc) is 2.71. The van der Waals surface area contributed by atoms with Crippen molar-refractivity contribution in [3.63, 3.8) is 0 Å². The van der Waals surface area contributed by atoms with Gasteiger partial charge in [-0.15, -0.1) is 0 Å². The van der Waals surface area contributed by atoms with Gasteiger partial charge >= 0.3 is 10.2 Å². The zero-order valence-electron chi connectivity index (χ0n) is 16.2. The molecule has 0 saturated heterocycles. The molecule has 0 bridgehead atoms. The maximum absolute atomic E-state index is 12.4. The summed E-state index contributed by atoms with van der Waals surface area (Å²) in [6, 6.07) is 13.5. The molecule has 9 heteroatoms. The zero-order valence-corrected chi connectivity index (χ0v) is 17.0. The smallest absolute Gasteiger partial charge is 0.323 e. The van der Waals surface area contributed by atoms with E-state index in [-0.39, 0.29) is 17.2 Å². The van der Waals surface area contributed by atoms with Crippen LogP contribution in [0.5, 0.6) is 0 Å². The SMILES string of the molecule is CCCN(CC)C(=O)c1ccc(C(=O)NS(=O)(=O)Nc2ccc(C#N)cc2)cc1. The second-order valence-electron chi connectivity index (χ2n) is 6.19. The number of benzene rings is 2. The van der Waals surface area contributed by atoms with Crippen LogP contribution in [0.4, 0.5) is 5.69 Å². The molecule has 8 nitrogen and oxygen atoms in total. The van der Waals surface area contributed by atoms with Crippen molar-refractivity contribution in [1.82, 2.24) is 9.62 Å². The monoisotopic (exact) mass is 414 g/mol. The second-order valence-corrected chi connectivity index (χ2v) is 7.60. The van der Waals surface area contributed by atoms with E-state index in [1.807, 2.05) is 24.6 Å². The highest BCUT2D eigenvalue weighted by atomic mass is 32.2. The Balaban J connectivity index is 2.06. The van der Waals surface area contributed by atoms with Crippen molar-refractivity contribution >= 4 is 27.7 Å². The van der Waals surface area contributed by atoms with Gasteiger partial charge in [-0.25, -0.2) is 4.72 Å². The third-order valence-electron chi connectivity index (χ3n) is 4.05. The van der Waals surface area contributed by atoms with Gasteiger partial charge in [0.25, 0.3) is 11.8 Å². The van der Waals surface area contributed by atoms with Crippen LogP contribution in [0.15, 0.2) is 48.5 Å². The molecule has 2 N–H and O–H groups in total. The number of carbonyl (C=O) groups is 2. The zero-order chi connectivity index (χ0) is 21.4. The topological polar surface area (TPSA) is 119 Å². The first kappa shape index (κ1) is 21.9. The van der Waals surface area contributed by atoms with E-state index in [4.69, 9.17) is 5.26 Å². The Morgan fingerprint density at radius 1 is 1.00 bits per heavy atom. The Morgan fingerprint density at radius 2 is 1.59 bits per heavy atom. The fourth-order valence-corrected chi connectivity index (χ4v) is 3.45. The average molecular weight is 414 g/mol. The normalized spacial score (nSPS) is 10.7. The van der Waals surface area contributed by atoms with Crippen LogP contribution in [0.25, 0.3) is 0 Å². The second kappa shape index (κ2) is 9.71. The predicted octanol–water partition coefficient (Wildman–Crippen LogP) is 2.52. The van der Waals surface area contributed by atoms with E-state index in [0.717, 1.165) is 6.42 Å². The lowest BCUT2D eigenvalue weighted by Gasteiger charge is -2.20. The molecule has 29 heavy (non-hydrogen) atoms. The molecule has 0 spiro atoms. The molecule has 0 atom stereocenters. The first-order chi connectivity index (χ1) is 13.8. The molecule has 2 amide bonds. The Bertz CT molecular complexity index is 1010. The minimum absolute atomic E-state index is 0.102. The van der Waals surface area contributed by atoms with Gasteiger partial charge in [0.15, 0.2) is 0 Å². The van der Waals surface area contributed by atoms with Gasteiger partial charge in [0.2, 0.25) is 0 Å². The number of carbonyl (C=O) groups excluding carboxylic acids is 2. The van der Waals surface area contributed by atoms with Gasteiger partial charge in [0.05, 0.1) is 17.3 Å². The Labute approximate surface area is 170 Å². The number of anilines is 1. The van der Waals surface area contributed by atoms with Crippen LogP contribution in [-0.4, -0.2) is 38.2 Å². The molecule has 2 aromatic rings. The third-order valence-corrected chi connectivity index (χ3v) is 5.01. The largest absolute Gasteiger partial charge is 0.339 e. The minimum atomic E-state index is -4.16. The van der Waals surface area contributed by atoms with Crippen molar-refractivity contribution in [2.24, 2.45) is 0 Å². The standard InChI is InChI=1S/C20H22N4O4S/c1-3-13-24(4-2)20(26)17-9-7-16(8-10-17)19(25)23-29(27,28)22-18-11-5-15(14-21)6-12-18/h5-12,22H,3-4,13H2,1-2H3,(H,23,25). The fourth-order valence-electron chi connectivity index (χ4n) is 2.59. The fraction of sp³-hybridized carbons (Fsp3) is 0.250. The van der Waals surface area contributed by atoms with Gasteiger partial charge in [-0.05, 0) is 61.9 Å².